The van der Waals surface area contributed by atoms with Gasteiger partial charge in [0.15, 0.2) is 5.78 Å². The topological polar surface area (TPSA) is 124 Å². The van der Waals surface area contributed by atoms with Crippen LogP contribution in [0.3, 0.4) is 0 Å². The Bertz CT molecular complexity index is 750. The number of hydrogen-bond donors (Lipinski definition) is 4. The number of ketones is 1. The maximum atomic E-state index is 12.5. The van der Waals surface area contributed by atoms with Crippen LogP contribution in [0.1, 0.15) is 36.2 Å². The zero-order chi connectivity index (χ0) is 19.4. The smallest absolute Gasteiger partial charge is 0.342 e. The molecule has 0 amide bonds. The minimum atomic E-state index is -1.58. The van der Waals surface area contributed by atoms with Gasteiger partial charge in [0.05, 0.1) is 6.10 Å². The third-order valence-electron chi connectivity index (χ3n) is 4.27. The summed E-state index contributed by atoms with van der Waals surface area (Å²) >= 11 is 0. The van der Waals surface area contributed by atoms with Crippen LogP contribution in [0, 0.1) is 5.92 Å². The molecule has 1 heterocycles. The second kappa shape index (κ2) is 8.16. The summed E-state index contributed by atoms with van der Waals surface area (Å²) in [7, 11) is 0. The Hall–Kier alpha value is -2.64. The number of esters is 1. The molecule has 26 heavy (non-hydrogen) atoms. The van der Waals surface area contributed by atoms with Crippen molar-refractivity contribution in [2.45, 2.75) is 38.6 Å². The lowest BCUT2D eigenvalue weighted by molar-refractivity contribution is -0.127. The van der Waals surface area contributed by atoms with Gasteiger partial charge in [-0.25, -0.2) is 4.79 Å². The Morgan fingerprint density at radius 3 is 2.46 bits per heavy atom. The summed E-state index contributed by atoms with van der Waals surface area (Å²) in [5.74, 6) is -2.47. The average molecular weight is 362 g/mol. The molecule has 2 rings (SSSR count). The van der Waals surface area contributed by atoms with Crippen molar-refractivity contribution >= 4 is 17.8 Å². The van der Waals surface area contributed by atoms with E-state index in [4.69, 9.17) is 4.74 Å². The zero-order valence-corrected chi connectivity index (χ0v) is 14.5. The van der Waals surface area contributed by atoms with Crippen LogP contribution in [0.2, 0.25) is 0 Å². The summed E-state index contributed by atoms with van der Waals surface area (Å²) in [6, 6.07) is 2.29. The Balaban J connectivity index is 2.48. The van der Waals surface area contributed by atoms with Crippen LogP contribution >= 0.6 is 0 Å². The highest BCUT2D eigenvalue weighted by molar-refractivity contribution is 5.97. The van der Waals surface area contributed by atoms with E-state index in [0.717, 1.165) is 12.1 Å². The molecular weight excluding hydrogens is 340 g/mol. The monoisotopic (exact) mass is 362 g/mol. The summed E-state index contributed by atoms with van der Waals surface area (Å²) in [6.07, 6.45) is 1.84. The molecule has 0 saturated heterocycles. The lowest BCUT2D eigenvalue weighted by atomic mass is 9.99. The number of benzene rings is 1. The number of rotatable bonds is 0. The van der Waals surface area contributed by atoms with E-state index in [1.54, 1.807) is 13.8 Å². The first-order valence-electron chi connectivity index (χ1n) is 8.22. The van der Waals surface area contributed by atoms with E-state index in [0.29, 0.717) is 0 Å². The summed E-state index contributed by atoms with van der Waals surface area (Å²) in [4.78, 5) is 24.4. The number of carbonyl (C=O) groups is 2. The zero-order valence-electron chi connectivity index (χ0n) is 14.5. The summed E-state index contributed by atoms with van der Waals surface area (Å²) in [6.45, 7) is 3.34. The van der Waals surface area contributed by atoms with Crippen LogP contribution in [0.5, 0.6) is 11.5 Å². The lowest BCUT2D eigenvalue weighted by Crippen LogP contribution is -2.32. The summed E-state index contributed by atoms with van der Waals surface area (Å²) in [5.41, 5.74) is 0.0678. The van der Waals surface area contributed by atoms with Gasteiger partial charge in [0.25, 0.3) is 0 Å². The van der Waals surface area contributed by atoms with Crippen LogP contribution < -0.4 is 0 Å². The molecule has 1 aliphatic rings. The van der Waals surface area contributed by atoms with Gasteiger partial charge in [-0.2, -0.15) is 0 Å². The summed E-state index contributed by atoms with van der Waals surface area (Å²) in [5, 5.41) is 39.5. The first-order valence-corrected chi connectivity index (χ1v) is 8.22. The second-order valence-electron chi connectivity index (χ2n) is 6.31. The maximum absolute atomic E-state index is 12.5. The van der Waals surface area contributed by atoms with Gasteiger partial charge in [-0.05, 0) is 31.1 Å². The highest BCUT2D eigenvalue weighted by atomic mass is 16.5. The highest BCUT2D eigenvalue weighted by Crippen LogP contribution is 2.30. The quantitative estimate of drug-likeness (QED) is 0.516. The van der Waals surface area contributed by atoms with Crippen LogP contribution in [-0.4, -0.2) is 50.5 Å². The molecule has 4 atom stereocenters. The fourth-order valence-corrected chi connectivity index (χ4v) is 2.48. The minimum Gasteiger partial charge on any atom is -0.508 e. The highest BCUT2D eigenvalue weighted by Gasteiger charge is 2.25. The number of phenols is 2. The van der Waals surface area contributed by atoms with E-state index in [9.17, 15) is 30.0 Å². The van der Waals surface area contributed by atoms with Gasteiger partial charge in [0.2, 0.25) is 0 Å². The standard InChI is InChI=1S/C19H22O7/c1-10-6-7-15(22)18(24)14(21)5-3-4-12-8-13(20)9-16(23)17(12)19(25)26-11(10)2/h3-4,6-11,14,18,20-21,23-24H,5H2,1-2H3/b4-3+,7-6-/t10-,11?,14?,18?/m1/s1. The molecule has 7 nitrogen and oxygen atoms in total. The fraction of sp³-hybridized carbons (Fsp3) is 0.368. The SMILES string of the molecule is CC1OC(=O)c2c(O)cc(O)cc2/C=C/CC(O)C(O)C(=O)/C=C\[C@H]1C. The molecule has 0 bridgehead atoms. The number of cyclic esters (lactones) is 1. The molecule has 0 fully saturated rings. The van der Waals surface area contributed by atoms with Crippen molar-refractivity contribution in [2.24, 2.45) is 5.92 Å². The number of fused-ring (bicyclic) bond motifs is 1. The Morgan fingerprint density at radius 2 is 1.77 bits per heavy atom. The van der Waals surface area contributed by atoms with Gasteiger partial charge in [0.1, 0.15) is 29.3 Å². The molecule has 4 N–H and O–H groups in total. The van der Waals surface area contributed by atoms with Crippen molar-refractivity contribution < 1.29 is 34.8 Å². The number of aliphatic hydroxyl groups is 2. The molecule has 0 aliphatic carbocycles. The molecule has 0 saturated carbocycles. The van der Waals surface area contributed by atoms with Gasteiger partial charge >= 0.3 is 5.97 Å². The first kappa shape index (κ1) is 19.7. The van der Waals surface area contributed by atoms with Gasteiger partial charge in [-0.1, -0.05) is 25.2 Å². The second-order valence-corrected chi connectivity index (χ2v) is 6.31. The largest absolute Gasteiger partial charge is 0.508 e. The van der Waals surface area contributed by atoms with Gasteiger partial charge in [0, 0.05) is 12.0 Å². The fourth-order valence-electron chi connectivity index (χ4n) is 2.48. The molecule has 3 unspecified atom stereocenters. The Kier molecular flexibility index (Phi) is 6.18. The molecule has 0 aromatic heterocycles. The molecule has 140 valence electrons. The van der Waals surface area contributed by atoms with E-state index >= 15 is 0 Å². The summed E-state index contributed by atoms with van der Waals surface area (Å²) < 4.78 is 5.35. The van der Waals surface area contributed by atoms with Crippen molar-refractivity contribution in [1.82, 2.24) is 0 Å². The van der Waals surface area contributed by atoms with Crippen LogP contribution in [0.4, 0.5) is 0 Å². The van der Waals surface area contributed by atoms with Crippen molar-refractivity contribution in [3.05, 3.63) is 41.5 Å². The average Bonchev–Trinajstić information content (AvgIpc) is 2.56. The van der Waals surface area contributed by atoms with E-state index in [2.05, 4.69) is 0 Å². The predicted octanol–water partition coefficient (Wildman–Crippen LogP) is 1.54. The van der Waals surface area contributed by atoms with E-state index in [1.165, 1.54) is 24.3 Å². The Labute approximate surface area is 150 Å². The number of aliphatic hydroxyl groups excluding tert-OH is 2. The van der Waals surface area contributed by atoms with Crippen molar-refractivity contribution in [2.75, 3.05) is 0 Å². The molecular formula is C19H22O7. The number of hydrogen-bond acceptors (Lipinski definition) is 7. The third-order valence-corrected chi connectivity index (χ3v) is 4.27. The minimum absolute atomic E-state index is 0.0718. The van der Waals surface area contributed by atoms with Gasteiger partial charge in [-0.3, -0.25) is 4.79 Å². The third kappa shape index (κ3) is 4.50. The van der Waals surface area contributed by atoms with Crippen molar-refractivity contribution in [1.29, 1.82) is 0 Å². The van der Waals surface area contributed by atoms with Crippen LogP contribution in [0.25, 0.3) is 6.08 Å². The predicted molar refractivity (Wildman–Crippen MR) is 93.6 cm³/mol. The molecule has 1 aliphatic heterocycles. The van der Waals surface area contributed by atoms with E-state index in [1.807, 2.05) is 0 Å². The molecule has 1 aromatic carbocycles. The normalized spacial score (nSPS) is 30.0. The molecule has 7 heteroatoms. The molecule has 0 radical (unpaired) electrons. The number of phenolic OH excluding ortho intramolecular Hbond substituents is 2. The first-order chi connectivity index (χ1) is 12.2. The van der Waals surface area contributed by atoms with Crippen molar-refractivity contribution in [3.63, 3.8) is 0 Å². The van der Waals surface area contributed by atoms with E-state index in [-0.39, 0.29) is 29.2 Å². The Morgan fingerprint density at radius 1 is 1.08 bits per heavy atom. The molecule has 0 spiro atoms. The van der Waals surface area contributed by atoms with E-state index < -0.39 is 35.8 Å². The number of ether oxygens (including phenoxy) is 1. The lowest BCUT2D eigenvalue weighted by Gasteiger charge is -2.20. The van der Waals surface area contributed by atoms with Crippen LogP contribution in [-0.2, 0) is 9.53 Å². The maximum Gasteiger partial charge on any atom is 0.342 e. The van der Waals surface area contributed by atoms with Crippen molar-refractivity contribution in [3.8, 4) is 11.5 Å². The van der Waals surface area contributed by atoms with Crippen LogP contribution in [0.15, 0.2) is 30.4 Å². The number of aromatic hydroxyl groups is 2. The van der Waals surface area contributed by atoms with Gasteiger partial charge < -0.3 is 25.2 Å². The number of carbonyl (C=O) groups excluding carboxylic acids is 2. The van der Waals surface area contributed by atoms with Gasteiger partial charge in [-0.15, -0.1) is 0 Å². The molecule has 1 aromatic rings.